The Hall–Kier alpha value is -1.98. The third-order valence-electron chi connectivity index (χ3n) is 2.28. The predicted octanol–water partition coefficient (Wildman–Crippen LogP) is 0.962. The van der Waals surface area contributed by atoms with Gasteiger partial charge in [0.25, 0.3) is 0 Å². The van der Waals surface area contributed by atoms with Crippen LogP contribution in [0.25, 0.3) is 0 Å². The number of nitriles is 1. The van der Waals surface area contributed by atoms with Gasteiger partial charge in [0, 0.05) is 6.54 Å². The van der Waals surface area contributed by atoms with Gasteiger partial charge in [0.05, 0.1) is 22.4 Å². The molecule has 0 spiro atoms. The number of sulfonamides is 1. The molecule has 0 amide bonds. The lowest BCUT2D eigenvalue weighted by Gasteiger charge is -2.08. The van der Waals surface area contributed by atoms with Crippen molar-refractivity contribution < 1.29 is 22.7 Å². The number of carboxylic acid groups (broad SMARTS) is 1. The summed E-state index contributed by atoms with van der Waals surface area (Å²) in [6.07, 6.45) is 0. The lowest BCUT2D eigenvalue weighted by Crippen LogP contribution is -2.28. The van der Waals surface area contributed by atoms with Gasteiger partial charge in [-0.05, 0) is 25.1 Å². The Balaban J connectivity index is 3.06. The van der Waals surface area contributed by atoms with Crippen molar-refractivity contribution in [3.8, 4) is 6.07 Å². The molecule has 0 bridgehead atoms. The third kappa shape index (κ3) is 3.74. The van der Waals surface area contributed by atoms with Crippen molar-refractivity contribution in [3.63, 3.8) is 0 Å². The van der Waals surface area contributed by atoms with Crippen LogP contribution in [0.2, 0.25) is 0 Å². The monoisotopic (exact) mass is 286 g/mol. The van der Waals surface area contributed by atoms with Crippen LogP contribution in [0, 0.1) is 23.1 Å². The Labute approximate surface area is 109 Å². The lowest BCUT2D eigenvalue weighted by atomic mass is 10.2. The first kappa shape index (κ1) is 15.1. The van der Waals surface area contributed by atoms with Gasteiger partial charge < -0.3 is 5.11 Å². The number of aromatic carboxylic acids is 1. The van der Waals surface area contributed by atoms with Crippen molar-refractivity contribution in [2.24, 2.45) is 5.92 Å². The van der Waals surface area contributed by atoms with E-state index in [1.54, 1.807) is 0 Å². The lowest BCUT2D eigenvalue weighted by molar-refractivity contribution is 0.0691. The predicted molar refractivity (Wildman–Crippen MR) is 63.3 cm³/mol. The molecule has 1 rings (SSSR count). The highest BCUT2D eigenvalue weighted by atomic mass is 32.2. The van der Waals surface area contributed by atoms with Gasteiger partial charge in [0.1, 0.15) is 5.82 Å². The van der Waals surface area contributed by atoms with Crippen molar-refractivity contribution in [2.75, 3.05) is 6.54 Å². The minimum absolute atomic E-state index is 0.112. The van der Waals surface area contributed by atoms with E-state index < -0.39 is 33.3 Å². The van der Waals surface area contributed by atoms with E-state index >= 15 is 0 Å². The van der Waals surface area contributed by atoms with Crippen molar-refractivity contribution >= 4 is 16.0 Å². The summed E-state index contributed by atoms with van der Waals surface area (Å²) < 4.78 is 38.9. The van der Waals surface area contributed by atoms with Gasteiger partial charge >= 0.3 is 5.97 Å². The van der Waals surface area contributed by atoms with Crippen LogP contribution in [-0.2, 0) is 10.0 Å². The van der Waals surface area contributed by atoms with Crippen LogP contribution >= 0.6 is 0 Å². The van der Waals surface area contributed by atoms with E-state index in [-0.39, 0.29) is 11.4 Å². The Morgan fingerprint density at radius 2 is 2.21 bits per heavy atom. The summed E-state index contributed by atoms with van der Waals surface area (Å²) in [5, 5.41) is 17.3. The number of hydrogen-bond acceptors (Lipinski definition) is 4. The maximum atomic E-state index is 13.1. The number of benzene rings is 1. The number of nitrogens with zero attached hydrogens (tertiary/aromatic N) is 1. The van der Waals surface area contributed by atoms with Gasteiger partial charge in [0.15, 0.2) is 0 Å². The molecule has 102 valence electrons. The van der Waals surface area contributed by atoms with E-state index in [0.717, 1.165) is 18.2 Å². The highest BCUT2D eigenvalue weighted by molar-refractivity contribution is 7.89. The normalized spacial score (nSPS) is 12.7. The summed E-state index contributed by atoms with van der Waals surface area (Å²) in [5.41, 5.74) is -0.726. The second-order valence-corrected chi connectivity index (χ2v) is 5.60. The second kappa shape index (κ2) is 5.77. The van der Waals surface area contributed by atoms with Crippen molar-refractivity contribution in [2.45, 2.75) is 11.8 Å². The fourth-order valence-electron chi connectivity index (χ4n) is 1.20. The molecule has 0 aliphatic carbocycles. The van der Waals surface area contributed by atoms with E-state index in [2.05, 4.69) is 4.72 Å². The number of halogens is 1. The van der Waals surface area contributed by atoms with E-state index in [4.69, 9.17) is 10.4 Å². The molecule has 0 fully saturated rings. The topological polar surface area (TPSA) is 107 Å². The van der Waals surface area contributed by atoms with Gasteiger partial charge in [-0.2, -0.15) is 5.26 Å². The number of nitrogens with one attached hydrogen (secondary N) is 1. The molecule has 0 aliphatic rings. The number of carbonyl (C=O) groups is 1. The Kier molecular flexibility index (Phi) is 4.58. The van der Waals surface area contributed by atoms with E-state index in [0.29, 0.717) is 0 Å². The molecule has 0 heterocycles. The molecule has 0 saturated heterocycles. The molecule has 8 heteroatoms. The third-order valence-corrected chi connectivity index (χ3v) is 3.70. The molecule has 1 aromatic rings. The highest BCUT2D eigenvalue weighted by Gasteiger charge is 2.19. The van der Waals surface area contributed by atoms with Crippen LogP contribution in [-0.4, -0.2) is 26.0 Å². The second-order valence-electron chi connectivity index (χ2n) is 3.83. The standard InChI is InChI=1S/C11H11FN2O4S/c1-7(5-13)6-14-19(17,18)8-2-3-10(12)9(4-8)11(15)16/h2-4,7,14H,6H2,1H3,(H,15,16). The first-order valence-corrected chi connectivity index (χ1v) is 6.68. The molecule has 0 aliphatic heterocycles. The van der Waals surface area contributed by atoms with Crippen LogP contribution in [0.1, 0.15) is 17.3 Å². The summed E-state index contributed by atoms with van der Waals surface area (Å²) in [6.45, 7) is 1.41. The number of rotatable bonds is 5. The van der Waals surface area contributed by atoms with Crippen molar-refractivity contribution in [3.05, 3.63) is 29.6 Å². The number of carboxylic acids is 1. The van der Waals surface area contributed by atoms with Crippen LogP contribution < -0.4 is 4.72 Å². The fourth-order valence-corrected chi connectivity index (χ4v) is 2.36. The van der Waals surface area contributed by atoms with Gasteiger partial charge in [-0.1, -0.05) is 0 Å². The van der Waals surface area contributed by atoms with Gasteiger partial charge in [0.2, 0.25) is 10.0 Å². The van der Waals surface area contributed by atoms with Gasteiger partial charge in [-0.3, -0.25) is 0 Å². The smallest absolute Gasteiger partial charge is 0.338 e. The zero-order chi connectivity index (χ0) is 14.6. The van der Waals surface area contributed by atoms with Crippen molar-refractivity contribution in [1.82, 2.24) is 4.72 Å². The first-order chi connectivity index (χ1) is 8.77. The summed E-state index contributed by atoms with van der Waals surface area (Å²) in [4.78, 5) is 10.4. The molecule has 19 heavy (non-hydrogen) atoms. The Bertz CT molecular complexity index is 637. The molecule has 6 nitrogen and oxygen atoms in total. The zero-order valence-corrected chi connectivity index (χ0v) is 10.7. The Morgan fingerprint density at radius 3 is 2.74 bits per heavy atom. The molecule has 1 atom stereocenters. The van der Waals surface area contributed by atoms with E-state index in [1.165, 1.54) is 6.92 Å². The summed E-state index contributed by atoms with van der Waals surface area (Å²) in [7, 11) is -3.97. The summed E-state index contributed by atoms with van der Waals surface area (Å²) in [6, 6.07) is 4.31. The molecule has 0 aromatic heterocycles. The van der Waals surface area contributed by atoms with Gasteiger partial charge in [-0.25, -0.2) is 22.3 Å². The maximum absolute atomic E-state index is 13.1. The quantitative estimate of drug-likeness (QED) is 0.838. The average Bonchev–Trinajstić information content (AvgIpc) is 2.35. The SMILES string of the molecule is CC(C#N)CNS(=O)(=O)c1ccc(F)c(C(=O)O)c1. The number of hydrogen-bond donors (Lipinski definition) is 2. The molecule has 1 unspecified atom stereocenters. The fraction of sp³-hybridized carbons (Fsp3) is 0.273. The Morgan fingerprint density at radius 1 is 1.58 bits per heavy atom. The van der Waals surface area contributed by atoms with Crippen LogP contribution in [0.4, 0.5) is 4.39 Å². The minimum Gasteiger partial charge on any atom is -0.478 e. The van der Waals surface area contributed by atoms with Crippen LogP contribution in [0.5, 0.6) is 0 Å². The molecule has 0 saturated carbocycles. The molecular formula is C11H11FN2O4S. The summed E-state index contributed by atoms with van der Waals surface area (Å²) >= 11 is 0. The highest BCUT2D eigenvalue weighted by Crippen LogP contribution is 2.15. The molecule has 2 N–H and O–H groups in total. The largest absolute Gasteiger partial charge is 0.478 e. The maximum Gasteiger partial charge on any atom is 0.338 e. The molecule has 0 radical (unpaired) electrons. The minimum atomic E-state index is -3.97. The molecular weight excluding hydrogens is 275 g/mol. The molecule has 1 aromatic carbocycles. The van der Waals surface area contributed by atoms with Crippen LogP contribution in [0.3, 0.4) is 0 Å². The van der Waals surface area contributed by atoms with E-state index in [9.17, 15) is 17.6 Å². The van der Waals surface area contributed by atoms with Crippen molar-refractivity contribution in [1.29, 1.82) is 5.26 Å². The van der Waals surface area contributed by atoms with E-state index in [1.807, 2.05) is 6.07 Å². The average molecular weight is 286 g/mol. The summed E-state index contributed by atoms with van der Waals surface area (Å²) in [5.74, 6) is -3.11. The van der Waals surface area contributed by atoms with Gasteiger partial charge in [-0.15, -0.1) is 0 Å². The first-order valence-electron chi connectivity index (χ1n) is 5.20. The zero-order valence-electron chi connectivity index (χ0n) is 9.92. The van der Waals surface area contributed by atoms with Crippen LogP contribution in [0.15, 0.2) is 23.1 Å².